The molecule has 1 aromatic rings. The maximum atomic E-state index is 10.7. The predicted molar refractivity (Wildman–Crippen MR) is 83.3 cm³/mol. The molecule has 1 unspecified atom stereocenters. The second-order valence-electron chi connectivity index (χ2n) is 5.23. The predicted octanol–water partition coefficient (Wildman–Crippen LogP) is 4.06. The van der Waals surface area contributed by atoms with E-state index in [0.29, 0.717) is 5.02 Å². The first-order valence-electron chi connectivity index (χ1n) is 7.06. The summed E-state index contributed by atoms with van der Waals surface area (Å²) in [6.45, 7) is 4.25. The zero-order valence-electron chi connectivity index (χ0n) is 11.7. The van der Waals surface area contributed by atoms with Crippen molar-refractivity contribution in [2.24, 2.45) is 5.92 Å². The Bertz CT molecular complexity index is 513. The lowest BCUT2D eigenvalue weighted by atomic mass is 10.0. The van der Waals surface area contributed by atoms with Crippen molar-refractivity contribution in [3.8, 4) is 0 Å². The topological polar surface area (TPSA) is 40.5 Å². The van der Waals surface area contributed by atoms with E-state index in [4.69, 9.17) is 16.7 Å². The molecular formula is C16H20ClNO2. The lowest BCUT2D eigenvalue weighted by molar-refractivity contribution is -0.131. The molecule has 0 saturated carbocycles. The van der Waals surface area contributed by atoms with Crippen LogP contribution in [0.3, 0.4) is 0 Å². The highest BCUT2D eigenvalue weighted by Gasteiger charge is 2.23. The Labute approximate surface area is 124 Å². The largest absolute Gasteiger partial charge is 0.478 e. The highest BCUT2D eigenvalue weighted by Crippen LogP contribution is 2.33. The number of rotatable bonds is 5. The lowest BCUT2D eigenvalue weighted by Gasteiger charge is -2.21. The fraction of sp³-hybridized carbons (Fsp3) is 0.438. The minimum Gasteiger partial charge on any atom is -0.478 e. The third-order valence-electron chi connectivity index (χ3n) is 3.75. The van der Waals surface area contributed by atoms with Gasteiger partial charge in [-0.2, -0.15) is 0 Å². The van der Waals surface area contributed by atoms with Gasteiger partial charge in [-0.1, -0.05) is 31.0 Å². The minimum atomic E-state index is -0.957. The summed E-state index contributed by atoms with van der Waals surface area (Å²) in [5, 5.41) is 9.39. The summed E-state index contributed by atoms with van der Waals surface area (Å²) in [5.41, 5.74) is 1.84. The van der Waals surface area contributed by atoms with E-state index in [1.807, 2.05) is 12.1 Å². The molecular weight excluding hydrogens is 274 g/mol. The molecule has 0 aliphatic carbocycles. The van der Waals surface area contributed by atoms with Crippen LogP contribution in [0.5, 0.6) is 0 Å². The van der Waals surface area contributed by atoms with Crippen LogP contribution in [0.15, 0.2) is 24.3 Å². The Morgan fingerprint density at radius 1 is 1.55 bits per heavy atom. The summed E-state index contributed by atoms with van der Waals surface area (Å²) in [4.78, 5) is 13.0. The Kier molecular flexibility index (Phi) is 5.07. The van der Waals surface area contributed by atoms with Crippen LogP contribution >= 0.6 is 11.6 Å². The van der Waals surface area contributed by atoms with Crippen LogP contribution in [0.1, 0.15) is 31.7 Å². The van der Waals surface area contributed by atoms with Crippen molar-refractivity contribution in [2.45, 2.75) is 26.2 Å². The number of nitrogens with zero attached hydrogens (tertiary/aromatic N) is 1. The highest BCUT2D eigenvalue weighted by atomic mass is 35.5. The maximum absolute atomic E-state index is 10.7. The highest BCUT2D eigenvalue weighted by molar-refractivity contribution is 6.32. The molecule has 0 spiro atoms. The van der Waals surface area contributed by atoms with Gasteiger partial charge in [0.25, 0.3) is 0 Å². The van der Waals surface area contributed by atoms with Crippen LogP contribution in [0.4, 0.5) is 5.69 Å². The van der Waals surface area contributed by atoms with E-state index in [9.17, 15) is 4.79 Å². The SMILES string of the molecule is CCCC1CCN(c2cccc(Cl)c2/C=C/C(=O)O)C1. The van der Waals surface area contributed by atoms with Crippen LogP contribution in [0.2, 0.25) is 5.02 Å². The summed E-state index contributed by atoms with van der Waals surface area (Å²) < 4.78 is 0. The van der Waals surface area contributed by atoms with Crippen molar-refractivity contribution in [1.29, 1.82) is 0 Å². The molecule has 4 heteroatoms. The van der Waals surface area contributed by atoms with Crippen molar-refractivity contribution in [3.63, 3.8) is 0 Å². The van der Waals surface area contributed by atoms with Crippen molar-refractivity contribution in [1.82, 2.24) is 0 Å². The molecule has 1 aromatic carbocycles. The summed E-state index contributed by atoms with van der Waals surface area (Å²) in [6, 6.07) is 5.73. The summed E-state index contributed by atoms with van der Waals surface area (Å²) in [5.74, 6) is -0.226. The second kappa shape index (κ2) is 6.80. The molecule has 1 aliphatic rings. The van der Waals surface area contributed by atoms with Crippen molar-refractivity contribution in [2.75, 3.05) is 18.0 Å². The van der Waals surface area contributed by atoms with E-state index < -0.39 is 5.97 Å². The van der Waals surface area contributed by atoms with Crippen molar-refractivity contribution in [3.05, 3.63) is 34.9 Å². The number of halogens is 1. The van der Waals surface area contributed by atoms with Crippen LogP contribution < -0.4 is 4.90 Å². The molecule has 1 atom stereocenters. The van der Waals surface area contributed by atoms with Gasteiger partial charge < -0.3 is 10.0 Å². The fourth-order valence-electron chi connectivity index (χ4n) is 2.82. The minimum absolute atomic E-state index is 0.596. The third-order valence-corrected chi connectivity index (χ3v) is 4.08. The second-order valence-corrected chi connectivity index (χ2v) is 5.64. The normalized spacial score (nSPS) is 18.9. The van der Waals surface area contributed by atoms with E-state index >= 15 is 0 Å². The van der Waals surface area contributed by atoms with Gasteiger partial charge in [0.15, 0.2) is 0 Å². The molecule has 3 nitrogen and oxygen atoms in total. The number of carboxylic acids is 1. The number of hydrogen-bond donors (Lipinski definition) is 1. The van der Waals surface area contributed by atoms with Crippen LogP contribution in [-0.2, 0) is 4.79 Å². The molecule has 1 heterocycles. The van der Waals surface area contributed by atoms with E-state index in [0.717, 1.165) is 36.3 Å². The number of carbonyl (C=O) groups is 1. The maximum Gasteiger partial charge on any atom is 0.328 e. The molecule has 0 bridgehead atoms. The van der Waals surface area contributed by atoms with Gasteiger partial charge >= 0.3 is 5.97 Å². The van der Waals surface area contributed by atoms with Gasteiger partial charge in [0, 0.05) is 35.4 Å². The van der Waals surface area contributed by atoms with Crippen molar-refractivity contribution < 1.29 is 9.90 Å². The third kappa shape index (κ3) is 3.54. The Morgan fingerprint density at radius 3 is 3.05 bits per heavy atom. The van der Waals surface area contributed by atoms with E-state index in [-0.39, 0.29) is 0 Å². The first kappa shape index (κ1) is 14.9. The number of carboxylic acid groups (broad SMARTS) is 1. The average Bonchev–Trinajstić information content (AvgIpc) is 2.86. The number of anilines is 1. The Hall–Kier alpha value is -1.48. The molecule has 1 fully saturated rings. The molecule has 20 heavy (non-hydrogen) atoms. The van der Waals surface area contributed by atoms with Gasteiger partial charge in [-0.25, -0.2) is 4.79 Å². The molecule has 0 aromatic heterocycles. The van der Waals surface area contributed by atoms with Crippen LogP contribution in [0.25, 0.3) is 6.08 Å². The van der Waals surface area contributed by atoms with E-state index in [1.165, 1.54) is 19.3 Å². The van der Waals surface area contributed by atoms with Crippen LogP contribution in [0, 0.1) is 5.92 Å². The quantitative estimate of drug-likeness (QED) is 0.832. The Morgan fingerprint density at radius 2 is 2.35 bits per heavy atom. The standard InChI is InChI=1S/C16H20ClNO2/c1-2-4-12-9-10-18(11-12)15-6-3-5-14(17)13(15)7-8-16(19)20/h3,5-8,12H,2,4,9-11H2,1H3,(H,19,20)/b8-7+. The fourth-order valence-corrected chi connectivity index (χ4v) is 3.05. The van der Waals surface area contributed by atoms with Gasteiger partial charge in [-0.05, 0) is 37.0 Å². The Balaban J connectivity index is 2.23. The number of benzene rings is 1. The van der Waals surface area contributed by atoms with Gasteiger partial charge in [-0.15, -0.1) is 0 Å². The zero-order chi connectivity index (χ0) is 14.5. The molecule has 0 amide bonds. The summed E-state index contributed by atoms with van der Waals surface area (Å²) in [7, 11) is 0. The molecule has 108 valence electrons. The van der Waals surface area contributed by atoms with Gasteiger partial charge in [0.2, 0.25) is 0 Å². The summed E-state index contributed by atoms with van der Waals surface area (Å²) in [6.07, 6.45) is 6.39. The lowest BCUT2D eigenvalue weighted by Crippen LogP contribution is -2.20. The smallest absolute Gasteiger partial charge is 0.328 e. The number of aliphatic carboxylic acids is 1. The molecule has 1 saturated heterocycles. The van der Waals surface area contributed by atoms with E-state index in [2.05, 4.69) is 11.8 Å². The van der Waals surface area contributed by atoms with Gasteiger partial charge in [0.1, 0.15) is 0 Å². The molecule has 1 aliphatic heterocycles. The van der Waals surface area contributed by atoms with Gasteiger partial charge in [0.05, 0.1) is 0 Å². The summed E-state index contributed by atoms with van der Waals surface area (Å²) >= 11 is 6.22. The van der Waals surface area contributed by atoms with Crippen molar-refractivity contribution >= 4 is 29.3 Å². The zero-order valence-corrected chi connectivity index (χ0v) is 12.4. The molecule has 0 radical (unpaired) electrons. The van der Waals surface area contributed by atoms with Gasteiger partial charge in [-0.3, -0.25) is 0 Å². The average molecular weight is 294 g/mol. The molecule has 1 N–H and O–H groups in total. The molecule has 2 rings (SSSR count). The van der Waals surface area contributed by atoms with E-state index in [1.54, 1.807) is 12.1 Å². The first-order valence-corrected chi connectivity index (χ1v) is 7.44. The monoisotopic (exact) mass is 293 g/mol. The first-order chi connectivity index (χ1) is 9.61. The van der Waals surface area contributed by atoms with Crippen LogP contribution in [-0.4, -0.2) is 24.2 Å². The number of hydrogen-bond acceptors (Lipinski definition) is 2.